The quantitative estimate of drug-likeness (QED) is 0.248. The van der Waals surface area contributed by atoms with Crippen LogP contribution in [0, 0.1) is 0 Å². The summed E-state index contributed by atoms with van der Waals surface area (Å²) in [6.07, 6.45) is 0. The summed E-state index contributed by atoms with van der Waals surface area (Å²) < 4.78 is 8.74. The highest BCUT2D eigenvalue weighted by atomic mass is 16.3. The molecule has 9 aromatic rings. The second-order valence-electron chi connectivity index (χ2n) is 9.44. The number of para-hydroxylation sites is 2. The van der Waals surface area contributed by atoms with Crippen molar-refractivity contribution in [2.75, 3.05) is 0 Å². The van der Waals surface area contributed by atoms with Crippen molar-refractivity contribution in [3.8, 4) is 11.1 Å². The normalized spacial score (nSPS) is 12.4. The maximum atomic E-state index is 6.47. The van der Waals surface area contributed by atoms with Gasteiger partial charge in [0.15, 0.2) is 11.2 Å². The van der Waals surface area contributed by atoms with Crippen molar-refractivity contribution < 1.29 is 4.42 Å². The Balaban J connectivity index is 1.49. The Bertz CT molecular complexity index is 2310. The molecule has 0 bridgehead atoms. The second-order valence-corrected chi connectivity index (χ2v) is 9.44. The van der Waals surface area contributed by atoms with E-state index in [9.17, 15) is 0 Å². The van der Waals surface area contributed by atoms with Gasteiger partial charge in [-0.3, -0.25) is 4.40 Å². The van der Waals surface area contributed by atoms with Crippen LogP contribution in [0.3, 0.4) is 0 Å². The molecule has 0 amide bonds. The van der Waals surface area contributed by atoms with Gasteiger partial charge in [-0.25, -0.2) is 9.97 Å². The maximum Gasteiger partial charge on any atom is 0.165 e. The van der Waals surface area contributed by atoms with Gasteiger partial charge in [-0.05, 0) is 35.4 Å². The zero-order valence-corrected chi connectivity index (χ0v) is 19.1. The van der Waals surface area contributed by atoms with Crippen molar-refractivity contribution in [1.29, 1.82) is 0 Å². The van der Waals surface area contributed by atoms with E-state index in [0.29, 0.717) is 0 Å². The fraction of sp³-hybridized carbons (Fsp3) is 0. The maximum absolute atomic E-state index is 6.47. The Morgan fingerprint density at radius 2 is 1.31 bits per heavy atom. The summed E-state index contributed by atoms with van der Waals surface area (Å²) in [4.78, 5) is 10.3. The van der Waals surface area contributed by atoms with Gasteiger partial charge in [0.05, 0.1) is 22.1 Å². The average Bonchev–Trinajstić information content (AvgIpc) is 3.58. The molecule has 5 aromatic carbocycles. The minimum Gasteiger partial charge on any atom is -0.454 e. The van der Waals surface area contributed by atoms with E-state index in [-0.39, 0.29) is 0 Å². The number of hydrogen-bond donors (Lipinski definition) is 0. The molecule has 0 aliphatic heterocycles. The lowest BCUT2D eigenvalue weighted by Crippen LogP contribution is -1.90. The molecule has 4 nitrogen and oxygen atoms in total. The van der Waals surface area contributed by atoms with Crippen molar-refractivity contribution in [2.24, 2.45) is 0 Å². The van der Waals surface area contributed by atoms with Crippen molar-refractivity contribution in [3.63, 3.8) is 0 Å². The topological polar surface area (TPSA) is 43.3 Å². The molecule has 0 saturated carbocycles. The fourth-order valence-electron chi connectivity index (χ4n) is 5.92. The third kappa shape index (κ3) is 2.19. The molecule has 0 saturated heterocycles. The van der Waals surface area contributed by atoms with Gasteiger partial charge < -0.3 is 4.42 Å². The number of hydrogen-bond acceptors (Lipinski definition) is 3. The summed E-state index contributed by atoms with van der Waals surface area (Å²) in [6.45, 7) is 0. The largest absolute Gasteiger partial charge is 0.454 e. The Kier molecular flexibility index (Phi) is 3.25. The average molecular weight is 460 g/mol. The van der Waals surface area contributed by atoms with Crippen LogP contribution in [0.2, 0.25) is 0 Å². The lowest BCUT2D eigenvalue weighted by Gasteiger charge is -2.04. The van der Waals surface area contributed by atoms with Crippen LogP contribution in [-0.2, 0) is 0 Å². The predicted molar refractivity (Wildman–Crippen MR) is 147 cm³/mol. The summed E-state index contributed by atoms with van der Waals surface area (Å²) in [6, 6.07) is 35.8. The second kappa shape index (κ2) is 6.37. The molecule has 4 heterocycles. The van der Waals surface area contributed by atoms with Crippen LogP contribution in [0.25, 0.3) is 82.5 Å². The molecular formula is C32H17N3O. The summed E-state index contributed by atoms with van der Waals surface area (Å²) in [5.41, 5.74) is 9.86. The number of rotatable bonds is 1. The minimum atomic E-state index is 0.863. The predicted octanol–water partition coefficient (Wildman–Crippen LogP) is 8.35. The van der Waals surface area contributed by atoms with Crippen molar-refractivity contribution in [2.45, 2.75) is 0 Å². The number of fused-ring (bicyclic) bond motifs is 11. The zero-order valence-electron chi connectivity index (χ0n) is 19.1. The van der Waals surface area contributed by atoms with E-state index < -0.39 is 0 Å². The van der Waals surface area contributed by atoms with E-state index in [4.69, 9.17) is 14.4 Å². The lowest BCUT2D eigenvalue weighted by molar-refractivity contribution is 0.671. The van der Waals surface area contributed by atoms with Gasteiger partial charge >= 0.3 is 0 Å². The first-order valence-electron chi connectivity index (χ1n) is 12.1. The Hall–Kier alpha value is -4.96. The summed E-state index contributed by atoms with van der Waals surface area (Å²) in [5.74, 6) is 0. The first kappa shape index (κ1) is 18.4. The summed E-state index contributed by atoms with van der Waals surface area (Å²) >= 11 is 0. The van der Waals surface area contributed by atoms with E-state index in [1.807, 2.05) is 18.2 Å². The molecule has 0 aliphatic carbocycles. The van der Waals surface area contributed by atoms with E-state index in [1.165, 1.54) is 16.3 Å². The van der Waals surface area contributed by atoms with Gasteiger partial charge in [0.25, 0.3) is 0 Å². The van der Waals surface area contributed by atoms with Gasteiger partial charge in [0.1, 0.15) is 11.1 Å². The van der Waals surface area contributed by atoms with Gasteiger partial charge in [0.2, 0.25) is 0 Å². The number of benzene rings is 5. The van der Waals surface area contributed by atoms with Gasteiger partial charge in [0, 0.05) is 26.9 Å². The highest BCUT2D eigenvalue weighted by Gasteiger charge is 2.23. The van der Waals surface area contributed by atoms with Gasteiger partial charge in [-0.15, -0.1) is 0 Å². The number of aromatic nitrogens is 3. The van der Waals surface area contributed by atoms with Crippen LogP contribution in [0.15, 0.2) is 108 Å². The Morgan fingerprint density at radius 1 is 0.528 bits per heavy atom. The summed E-state index contributed by atoms with van der Waals surface area (Å²) in [7, 11) is 0. The monoisotopic (exact) mass is 459 g/mol. The molecule has 0 atom stereocenters. The minimum absolute atomic E-state index is 0.863. The van der Waals surface area contributed by atoms with Gasteiger partial charge in [-0.1, -0.05) is 78.9 Å². The standard InChI is InChI=1S/C32H17N3O/c1-2-7-18(8-3-1)19-13-16-25-26(17-19)34-32-28(33-25)24-11-6-10-21-22-14-15-23-20-9-4-5-12-27(20)36-31(23)30(22)35(32)29(21)24/h1-17H. The molecule has 0 unspecified atom stereocenters. The van der Waals surface area contributed by atoms with Crippen LogP contribution in [-0.4, -0.2) is 14.4 Å². The molecule has 0 fully saturated rings. The molecule has 36 heavy (non-hydrogen) atoms. The van der Waals surface area contributed by atoms with Crippen molar-refractivity contribution in [3.05, 3.63) is 103 Å². The van der Waals surface area contributed by atoms with Crippen molar-refractivity contribution >= 4 is 71.3 Å². The molecule has 0 N–H and O–H groups in total. The number of nitrogens with zero attached hydrogens (tertiary/aromatic N) is 3. The highest BCUT2D eigenvalue weighted by molar-refractivity contribution is 6.27. The van der Waals surface area contributed by atoms with Crippen molar-refractivity contribution in [1.82, 2.24) is 14.4 Å². The third-order valence-corrected chi connectivity index (χ3v) is 7.51. The molecule has 9 rings (SSSR count). The molecule has 0 radical (unpaired) electrons. The van der Waals surface area contributed by atoms with Crippen LogP contribution in [0.4, 0.5) is 0 Å². The molecule has 4 aromatic heterocycles. The molecule has 166 valence electrons. The van der Waals surface area contributed by atoms with E-state index in [0.717, 1.165) is 66.1 Å². The highest BCUT2D eigenvalue weighted by Crippen LogP contribution is 2.42. The number of furan rings is 1. The van der Waals surface area contributed by atoms with Crippen LogP contribution < -0.4 is 0 Å². The molecular weight excluding hydrogens is 442 g/mol. The van der Waals surface area contributed by atoms with E-state index in [2.05, 4.69) is 89.3 Å². The third-order valence-electron chi connectivity index (χ3n) is 7.51. The molecule has 0 spiro atoms. The van der Waals surface area contributed by atoms with Crippen LogP contribution in [0.1, 0.15) is 0 Å². The first-order chi connectivity index (χ1) is 17.8. The van der Waals surface area contributed by atoms with E-state index in [1.54, 1.807) is 0 Å². The SMILES string of the molecule is c1ccc(-c2ccc3nc4c5cccc6c7ccc8c9ccccc9oc8c7n(c4nc3c2)c65)cc1. The Labute approximate surface area is 204 Å². The van der Waals surface area contributed by atoms with Crippen LogP contribution >= 0.6 is 0 Å². The molecule has 4 heteroatoms. The first-order valence-corrected chi connectivity index (χ1v) is 12.1. The molecule has 0 aliphatic rings. The Morgan fingerprint density at radius 3 is 2.25 bits per heavy atom. The van der Waals surface area contributed by atoms with E-state index >= 15 is 0 Å². The van der Waals surface area contributed by atoms with Crippen LogP contribution in [0.5, 0.6) is 0 Å². The zero-order chi connectivity index (χ0) is 23.4. The summed E-state index contributed by atoms with van der Waals surface area (Å²) in [5, 5.41) is 5.72. The van der Waals surface area contributed by atoms with Gasteiger partial charge in [-0.2, -0.15) is 0 Å². The smallest absolute Gasteiger partial charge is 0.165 e. The lowest BCUT2D eigenvalue weighted by atomic mass is 10.1. The fourth-order valence-corrected chi connectivity index (χ4v) is 5.92.